The van der Waals surface area contributed by atoms with Gasteiger partial charge in [0.05, 0.1) is 3.57 Å². The lowest BCUT2D eigenvalue weighted by molar-refractivity contribution is 0.164. The Morgan fingerprint density at radius 2 is 2.14 bits per heavy atom. The van der Waals surface area contributed by atoms with E-state index in [1.54, 1.807) is 6.33 Å². The predicted molar refractivity (Wildman–Crippen MR) is 97.7 cm³/mol. The Bertz CT molecular complexity index is 605. The Hall–Kier alpha value is -1.21. The third-order valence-electron chi connectivity index (χ3n) is 4.23. The molecule has 2 atom stereocenters. The molecule has 0 radical (unpaired) electrons. The van der Waals surface area contributed by atoms with E-state index in [1.807, 2.05) is 6.20 Å². The van der Waals surface area contributed by atoms with Gasteiger partial charge in [0, 0.05) is 31.9 Å². The van der Waals surface area contributed by atoms with Gasteiger partial charge in [0.1, 0.15) is 12.1 Å². The van der Waals surface area contributed by atoms with Gasteiger partial charge in [-0.3, -0.25) is 4.90 Å². The number of nitrogens with zero attached hydrogens (tertiary/aromatic N) is 3. The molecule has 5 heteroatoms. The minimum atomic E-state index is 0.482. The van der Waals surface area contributed by atoms with Crippen LogP contribution in [0, 0.1) is 9.49 Å². The fourth-order valence-electron chi connectivity index (χ4n) is 3.03. The van der Waals surface area contributed by atoms with Gasteiger partial charge in [0.15, 0.2) is 0 Å². The largest absolute Gasteiger partial charge is 0.366 e. The van der Waals surface area contributed by atoms with Crippen molar-refractivity contribution >= 4 is 28.4 Å². The van der Waals surface area contributed by atoms with Crippen LogP contribution in [0.25, 0.3) is 0 Å². The first-order valence-corrected chi connectivity index (χ1v) is 8.78. The van der Waals surface area contributed by atoms with Crippen molar-refractivity contribution in [1.29, 1.82) is 0 Å². The van der Waals surface area contributed by atoms with E-state index in [1.165, 1.54) is 5.56 Å². The minimum absolute atomic E-state index is 0.482. The first kappa shape index (κ1) is 15.7. The van der Waals surface area contributed by atoms with Gasteiger partial charge in [0.2, 0.25) is 0 Å². The zero-order chi connectivity index (χ0) is 15.4. The molecule has 2 unspecified atom stereocenters. The number of halogens is 1. The summed E-state index contributed by atoms with van der Waals surface area (Å²) in [4.78, 5) is 10.9. The summed E-state index contributed by atoms with van der Waals surface area (Å²) in [6.45, 7) is 5.61. The van der Waals surface area contributed by atoms with E-state index in [-0.39, 0.29) is 0 Å². The zero-order valence-corrected chi connectivity index (χ0v) is 14.9. The lowest BCUT2D eigenvalue weighted by atomic mass is 9.93. The number of hydrogen-bond acceptors (Lipinski definition) is 4. The molecule has 1 N–H and O–H groups in total. The predicted octanol–water partition coefficient (Wildman–Crippen LogP) is 3.40. The Morgan fingerprint density at radius 1 is 1.32 bits per heavy atom. The van der Waals surface area contributed by atoms with Crippen molar-refractivity contribution in [2.45, 2.75) is 25.9 Å². The molecule has 1 saturated heterocycles. The standard InChI is InChI=1S/C17H21IN4/c1-13-10-22(11-14-5-3-2-4-6-14)8-7-16(13)21-17-15(18)9-19-12-20-17/h2-6,9,12-13,16H,7-8,10-11H2,1H3,(H,19,20,21). The summed E-state index contributed by atoms with van der Waals surface area (Å²) in [5.41, 5.74) is 1.39. The van der Waals surface area contributed by atoms with Crippen molar-refractivity contribution in [3.05, 3.63) is 52.0 Å². The van der Waals surface area contributed by atoms with Crippen LogP contribution < -0.4 is 5.32 Å². The maximum Gasteiger partial charge on any atom is 0.143 e. The summed E-state index contributed by atoms with van der Waals surface area (Å²) in [5.74, 6) is 1.56. The Kier molecular flexibility index (Phi) is 5.25. The summed E-state index contributed by atoms with van der Waals surface area (Å²) < 4.78 is 1.08. The maximum absolute atomic E-state index is 4.35. The molecule has 1 aliphatic heterocycles. The molecule has 116 valence electrons. The molecule has 4 nitrogen and oxygen atoms in total. The van der Waals surface area contributed by atoms with Crippen LogP contribution >= 0.6 is 22.6 Å². The number of aromatic nitrogens is 2. The summed E-state index contributed by atoms with van der Waals surface area (Å²) in [6.07, 6.45) is 4.61. The van der Waals surface area contributed by atoms with Crippen molar-refractivity contribution in [3.8, 4) is 0 Å². The first-order chi connectivity index (χ1) is 10.7. The van der Waals surface area contributed by atoms with E-state index in [0.29, 0.717) is 12.0 Å². The van der Waals surface area contributed by atoms with E-state index in [0.717, 1.165) is 35.4 Å². The lowest BCUT2D eigenvalue weighted by Gasteiger charge is -2.37. The Labute approximate surface area is 145 Å². The molecule has 0 aliphatic carbocycles. The SMILES string of the molecule is CC1CN(Cc2ccccc2)CCC1Nc1ncncc1I. The van der Waals surface area contributed by atoms with Gasteiger partial charge in [-0.1, -0.05) is 37.3 Å². The molecule has 1 aromatic heterocycles. The molecule has 2 aromatic rings. The highest BCUT2D eigenvalue weighted by Crippen LogP contribution is 2.23. The Morgan fingerprint density at radius 3 is 2.86 bits per heavy atom. The maximum atomic E-state index is 4.35. The highest BCUT2D eigenvalue weighted by atomic mass is 127. The minimum Gasteiger partial charge on any atom is -0.366 e. The van der Waals surface area contributed by atoms with Crippen LogP contribution in [0.5, 0.6) is 0 Å². The molecule has 2 heterocycles. The number of likely N-dealkylation sites (tertiary alicyclic amines) is 1. The number of hydrogen-bond donors (Lipinski definition) is 1. The van der Waals surface area contributed by atoms with E-state index >= 15 is 0 Å². The normalized spacial score (nSPS) is 22.5. The van der Waals surface area contributed by atoms with Crippen molar-refractivity contribution in [3.63, 3.8) is 0 Å². The van der Waals surface area contributed by atoms with Crippen LogP contribution in [0.1, 0.15) is 18.9 Å². The fourth-order valence-corrected chi connectivity index (χ4v) is 3.48. The first-order valence-electron chi connectivity index (χ1n) is 7.70. The molecule has 1 fully saturated rings. The van der Waals surface area contributed by atoms with Gasteiger partial charge in [-0.15, -0.1) is 0 Å². The molecular formula is C17H21IN4. The van der Waals surface area contributed by atoms with Crippen LogP contribution in [0.4, 0.5) is 5.82 Å². The van der Waals surface area contributed by atoms with Crippen LogP contribution in [0.3, 0.4) is 0 Å². The second kappa shape index (κ2) is 7.37. The average Bonchev–Trinajstić information content (AvgIpc) is 2.53. The third-order valence-corrected chi connectivity index (χ3v) is 5.02. The highest BCUT2D eigenvalue weighted by molar-refractivity contribution is 14.1. The van der Waals surface area contributed by atoms with Gasteiger partial charge in [0.25, 0.3) is 0 Å². The summed E-state index contributed by atoms with van der Waals surface area (Å²) in [6, 6.07) is 11.2. The molecule has 0 bridgehead atoms. The van der Waals surface area contributed by atoms with E-state index in [4.69, 9.17) is 0 Å². The van der Waals surface area contributed by atoms with Gasteiger partial charge in [-0.2, -0.15) is 0 Å². The monoisotopic (exact) mass is 408 g/mol. The van der Waals surface area contributed by atoms with Crippen molar-refractivity contribution in [1.82, 2.24) is 14.9 Å². The Balaban J connectivity index is 1.57. The highest BCUT2D eigenvalue weighted by Gasteiger charge is 2.26. The van der Waals surface area contributed by atoms with Crippen LogP contribution in [-0.2, 0) is 6.54 Å². The fraction of sp³-hybridized carbons (Fsp3) is 0.412. The summed E-state index contributed by atoms with van der Waals surface area (Å²) in [7, 11) is 0. The number of rotatable bonds is 4. The molecule has 0 spiro atoms. The number of nitrogens with one attached hydrogen (secondary N) is 1. The molecule has 1 aliphatic rings. The summed E-state index contributed by atoms with van der Waals surface area (Å²) in [5, 5.41) is 3.60. The van der Waals surface area contributed by atoms with Crippen LogP contribution in [-0.4, -0.2) is 34.0 Å². The number of anilines is 1. The number of benzene rings is 1. The number of piperidine rings is 1. The van der Waals surface area contributed by atoms with Crippen molar-refractivity contribution < 1.29 is 0 Å². The van der Waals surface area contributed by atoms with Gasteiger partial charge in [-0.05, 0) is 40.5 Å². The lowest BCUT2D eigenvalue weighted by Crippen LogP contribution is -2.45. The second-order valence-corrected chi connectivity index (χ2v) is 7.12. The average molecular weight is 408 g/mol. The quantitative estimate of drug-likeness (QED) is 0.788. The molecule has 0 saturated carbocycles. The van der Waals surface area contributed by atoms with Crippen molar-refractivity contribution in [2.24, 2.45) is 5.92 Å². The van der Waals surface area contributed by atoms with Crippen LogP contribution in [0.2, 0.25) is 0 Å². The van der Waals surface area contributed by atoms with E-state index in [9.17, 15) is 0 Å². The summed E-state index contributed by atoms with van der Waals surface area (Å²) >= 11 is 2.28. The van der Waals surface area contributed by atoms with Crippen molar-refractivity contribution in [2.75, 3.05) is 18.4 Å². The van der Waals surface area contributed by atoms with E-state index in [2.05, 4.69) is 80.0 Å². The molecule has 3 rings (SSSR count). The molecule has 22 heavy (non-hydrogen) atoms. The zero-order valence-electron chi connectivity index (χ0n) is 12.7. The topological polar surface area (TPSA) is 41.0 Å². The smallest absolute Gasteiger partial charge is 0.143 e. The van der Waals surface area contributed by atoms with Gasteiger partial charge >= 0.3 is 0 Å². The van der Waals surface area contributed by atoms with Gasteiger partial charge < -0.3 is 5.32 Å². The van der Waals surface area contributed by atoms with Crippen LogP contribution in [0.15, 0.2) is 42.9 Å². The molecule has 1 aromatic carbocycles. The third kappa shape index (κ3) is 3.95. The van der Waals surface area contributed by atoms with Gasteiger partial charge in [-0.25, -0.2) is 9.97 Å². The second-order valence-electron chi connectivity index (χ2n) is 5.96. The molecular weight excluding hydrogens is 387 g/mol. The van der Waals surface area contributed by atoms with E-state index < -0.39 is 0 Å². The molecule has 0 amide bonds.